The first kappa shape index (κ1) is 6.69. The Labute approximate surface area is 60.3 Å². The Morgan fingerprint density at radius 2 is 2.33 bits per heavy atom. The van der Waals surface area contributed by atoms with Crippen molar-refractivity contribution in [2.75, 3.05) is 6.26 Å². The molecule has 0 heterocycles. The predicted octanol–water partition coefficient (Wildman–Crippen LogP) is 2.75. The van der Waals surface area contributed by atoms with Gasteiger partial charge in [-0.15, -0.1) is 11.8 Å². The Kier molecular flexibility index (Phi) is 2.17. The summed E-state index contributed by atoms with van der Waals surface area (Å²) in [5.74, 6) is 0. The van der Waals surface area contributed by atoms with Gasteiger partial charge in [0.25, 0.3) is 0 Å². The highest BCUT2D eigenvalue weighted by Crippen LogP contribution is 2.20. The van der Waals surface area contributed by atoms with Crippen molar-refractivity contribution in [3.63, 3.8) is 0 Å². The summed E-state index contributed by atoms with van der Waals surface area (Å²) in [4.78, 5) is 1.35. The maximum Gasteiger partial charge on any atom is 0.00326 e. The molecule has 9 heavy (non-hydrogen) atoms. The van der Waals surface area contributed by atoms with Gasteiger partial charge >= 0.3 is 0 Å². The van der Waals surface area contributed by atoms with Gasteiger partial charge in [-0.3, -0.25) is 0 Å². The zero-order valence-corrected chi connectivity index (χ0v) is 6.37. The fraction of sp³-hybridized carbons (Fsp3) is 0.250. The number of thioether (sulfide) groups is 1. The minimum absolute atomic E-state index is 1.02. The van der Waals surface area contributed by atoms with E-state index in [0.29, 0.717) is 0 Å². The lowest BCUT2D eigenvalue weighted by Crippen LogP contribution is -1.81. The molecule has 1 heteroatoms. The zero-order valence-electron chi connectivity index (χ0n) is 5.55. The average molecular weight is 138 g/mol. The molecule has 0 spiro atoms. The van der Waals surface area contributed by atoms with Crippen LogP contribution in [0.15, 0.2) is 35.3 Å². The van der Waals surface area contributed by atoms with Crippen molar-refractivity contribution in [1.29, 1.82) is 0 Å². The fourth-order valence-electron chi connectivity index (χ4n) is 0.719. The molecule has 0 saturated heterocycles. The van der Waals surface area contributed by atoms with Crippen LogP contribution in [0.4, 0.5) is 0 Å². The van der Waals surface area contributed by atoms with Crippen LogP contribution in [0.5, 0.6) is 0 Å². The third-order valence-electron chi connectivity index (χ3n) is 1.28. The Bertz CT molecular complexity index is 175. The van der Waals surface area contributed by atoms with E-state index in [1.165, 1.54) is 10.5 Å². The monoisotopic (exact) mass is 138 g/mol. The Morgan fingerprint density at radius 1 is 1.56 bits per heavy atom. The highest BCUT2D eigenvalue weighted by atomic mass is 32.2. The summed E-state index contributed by atoms with van der Waals surface area (Å²) >= 11 is 1.78. The van der Waals surface area contributed by atoms with E-state index in [0.717, 1.165) is 6.42 Å². The Hall–Kier alpha value is -0.430. The lowest BCUT2D eigenvalue weighted by Gasteiger charge is -2.03. The van der Waals surface area contributed by atoms with Gasteiger partial charge < -0.3 is 0 Å². The molecule has 0 unspecified atom stereocenters. The van der Waals surface area contributed by atoms with Crippen LogP contribution in [0.2, 0.25) is 0 Å². The van der Waals surface area contributed by atoms with Crippen LogP contribution in [0.3, 0.4) is 0 Å². The topological polar surface area (TPSA) is 0 Å². The molecule has 0 bridgehead atoms. The van der Waals surface area contributed by atoms with Gasteiger partial charge in [0.05, 0.1) is 0 Å². The molecule has 0 aromatic heterocycles. The van der Waals surface area contributed by atoms with Crippen LogP contribution in [-0.4, -0.2) is 6.26 Å². The lowest BCUT2D eigenvalue weighted by molar-refractivity contribution is 1.27. The molecular formula is C8H10S. The van der Waals surface area contributed by atoms with Gasteiger partial charge in [-0.05, 0) is 18.8 Å². The quantitative estimate of drug-likeness (QED) is 0.537. The Morgan fingerprint density at radius 3 is 2.78 bits per heavy atom. The molecule has 0 aromatic carbocycles. The first-order valence-electron chi connectivity index (χ1n) is 2.93. The number of allylic oxidation sites excluding steroid dienone is 4. The van der Waals surface area contributed by atoms with Crippen molar-refractivity contribution >= 4 is 11.8 Å². The largest absolute Gasteiger partial charge is 0.130 e. The van der Waals surface area contributed by atoms with Gasteiger partial charge in [0, 0.05) is 4.91 Å². The van der Waals surface area contributed by atoms with Gasteiger partial charge in [0.2, 0.25) is 0 Å². The van der Waals surface area contributed by atoms with Crippen molar-refractivity contribution in [2.45, 2.75) is 6.42 Å². The summed E-state index contributed by atoms with van der Waals surface area (Å²) in [5.41, 5.74) is 1.20. The SMILES string of the molecule is C=C1C=CC(SC)=CC1. The van der Waals surface area contributed by atoms with Crippen molar-refractivity contribution in [3.8, 4) is 0 Å². The van der Waals surface area contributed by atoms with E-state index < -0.39 is 0 Å². The minimum Gasteiger partial charge on any atom is -0.130 e. The van der Waals surface area contributed by atoms with Gasteiger partial charge in [-0.2, -0.15) is 0 Å². The Balaban J connectivity index is 2.63. The van der Waals surface area contributed by atoms with Crippen LogP contribution >= 0.6 is 11.8 Å². The molecule has 0 fully saturated rings. The molecule has 0 saturated carbocycles. The van der Waals surface area contributed by atoms with Crippen molar-refractivity contribution in [1.82, 2.24) is 0 Å². The number of hydrogen-bond donors (Lipinski definition) is 0. The van der Waals surface area contributed by atoms with Crippen LogP contribution in [0.1, 0.15) is 6.42 Å². The molecule has 1 aliphatic rings. The highest BCUT2D eigenvalue weighted by molar-refractivity contribution is 8.02. The van der Waals surface area contributed by atoms with Gasteiger partial charge in [0.15, 0.2) is 0 Å². The molecule has 0 aliphatic heterocycles. The van der Waals surface area contributed by atoms with Crippen molar-refractivity contribution in [2.24, 2.45) is 0 Å². The molecule has 1 aliphatic carbocycles. The standard InChI is InChI=1S/C8H10S/c1-7-3-5-8(9-2)6-4-7/h3,5-6H,1,4H2,2H3. The minimum atomic E-state index is 1.02. The summed E-state index contributed by atoms with van der Waals surface area (Å²) in [6, 6.07) is 0. The summed E-state index contributed by atoms with van der Waals surface area (Å²) < 4.78 is 0. The molecule has 48 valence electrons. The van der Waals surface area contributed by atoms with Crippen LogP contribution in [-0.2, 0) is 0 Å². The van der Waals surface area contributed by atoms with E-state index in [9.17, 15) is 0 Å². The van der Waals surface area contributed by atoms with Crippen molar-refractivity contribution < 1.29 is 0 Å². The summed E-state index contributed by atoms with van der Waals surface area (Å²) in [6.45, 7) is 3.84. The van der Waals surface area contributed by atoms with Gasteiger partial charge in [0.1, 0.15) is 0 Å². The summed E-state index contributed by atoms with van der Waals surface area (Å²) in [7, 11) is 0. The molecule has 0 nitrogen and oxygen atoms in total. The predicted molar refractivity (Wildman–Crippen MR) is 44.5 cm³/mol. The molecule has 0 amide bonds. The van der Waals surface area contributed by atoms with Crippen LogP contribution < -0.4 is 0 Å². The van der Waals surface area contributed by atoms with E-state index in [-0.39, 0.29) is 0 Å². The first-order valence-corrected chi connectivity index (χ1v) is 4.15. The maximum atomic E-state index is 3.84. The van der Waals surface area contributed by atoms with Crippen molar-refractivity contribution in [3.05, 3.63) is 35.3 Å². The van der Waals surface area contributed by atoms with E-state index in [1.54, 1.807) is 11.8 Å². The van der Waals surface area contributed by atoms with E-state index in [2.05, 4.69) is 31.1 Å². The maximum absolute atomic E-state index is 3.84. The second kappa shape index (κ2) is 2.92. The van der Waals surface area contributed by atoms with E-state index in [1.807, 2.05) is 0 Å². The molecule has 1 rings (SSSR count). The van der Waals surface area contributed by atoms with Gasteiger partial charge in [-0.1, -0.05) is 24.3 Å². The normalized spacial score (nSPS) is 17.9. The van der Waals surface area contributed by atoms with Crippen LogP contribution in [0, 0.1) is 0 Å². The average Bonchev–Trinajstić information content (AvgIpc) is 1.90. The third kappa shape index (κ3) is 1.75. The summed E-state index contributed by atoms with van der Waals surface area (Å²) in [6.07, 6.45) is 9.49. The molecule has 0 atom stereocenters. The smallest absolute Gasteiger partial charge is 0.00326 e. The highest BCUT2D eigenvalue weighted by Gasteiger charge is 1.95. The zero-order chi connectivity index (χ0) is 6.69. The van der Waals surface area contributed by atoms with Crippen LogP contribution in [0.25, 0.3) is 0 Å². The second-order valence-corrected chi connectivity index (χ2v) is 2.89. The van der Waals surface area contributed by atoms with E-state index in [4.69, 9.17) is 0 Å². The third-order valence-corrected chi connectivity index (χ3v) is 2.06. The molecule has 0 aromatic rings. The first-order chi connectivity index (χ1) is 4.33. The van der Waals surface area contributed by atoms with E-state index >= 15 is 0 Å². The van der Waals surface area contributed by atoms with Gasteiger partial charge in [-0.25, -0.2) is 0 Å². The molecule has 0 radical (unpaired) electrons. The number of hydrogen-bond acceptors (Lipinski definition) is 1. The lowest BCUT2D eigenvalue weighted by atomic mass is 10.1. The molecule has 0 N–H and O–H groups in total. The fourth-order valence-corrected chi connectivity index (χ4v) is 1.17. The second-order valence-electron chi connectivity index (χ2n) is 2.01. The number of rotatable bonds is 1. The summed E-state index contributed by atoms with van der Waals surface area (Å²) in [5, 5.41) is 0. The molecular weight excluding hydrogens is 128 g/mol.